The van der Waals surface area contributed by atoms with Crippen LogP contribution in [-0.2, 0) is 9.05 Å². The van der Waals surface area contributed by atoms with Gasteiger partial charge in [-0.3, -0.25) is 0 Å². The molecule has 2 unspecified atom stereocenters. The van der Waals surface area contributed by atoms with Crippen LogP contribution in [-0.4, -0.2) is 12.2 Å². The molecule has 0 bridgehead atoms. The highest BCUT2D eigenvalue weighted by Gasteiger charge is 2.01. The molecule has 0 spiro atoms. The summed E-state index contributed by atoms with van der Waals surface area (Å²) in [6.07, 6.45) is -0.946. The summed E-state index contributed by atoms with van der Waals surface area (Å²) in [5.41, 5.74) is 0. The van der Waals surface area contributed by atoms with Gasteiger partial charge in [0, 0.05) is 0 Å². The summed E-state index contributed by atoms with van der Waals surface area (Å²) in [6.45, 7) is 3.24. The zero-order valence-electron chi connectivity index (χ0n) is 6.37. The van der Waals surface area contributed by atoms with Crippen molar-refractivity contribution in [3.63, 3.8) is 0 Å². The van der Waals surface area contributed by atoms with Gasteiger partial charge in [0.1, 0.15) is 12.2 Å². The Labute approximate surface area is 67.7 Å². The van der Waals surface area contributed by atoms with E-state index in [1.807, 2.05) is 12.1 Å². The molecule has 0 aromatic rings. The number of nitriles is 2. The Morgan fingerprint density at radius 3 is 1.73 bits per heavy atom. The van der Waals surface area contributed by atoms with Gasteiger partial charge < -0.3 is 9.05 Å². The van der Waals surface area contributed by atoms with E-state index < -0.39 is 12.2 Å². The van der Waals surface area contributed by atoms with E-state index in [2.05, 4.69) is 0 Å². The lowest BCUT2D eigenvalue weighted by molar-refractivity contribution is 0.225. The maximum atomic E-state index is 8.27. The van der Waals surface area contributed by atoms with Crippen LogP contribution in [0, 0.1) is 22.7 Å². The molecule has 0 rings (SSSR count). The Hall–Kier alpha value is -0.670. The molecule has 0 aromatic heterocycles. The Balaban J connectivity index is 3.30. The van der Waals surface area contributed by atoms with Crippen LogP contribution in [0.1, 0.15) is 13.8 Å². The van der Waals surface area contributed by atoms with E-state index in [0.717, 1.165) is 0 Å². The Morgan fingerprint density at radius 2 is 1.45 bits per heavy atom. The van der Waals surface area contributed by atoms with Crippen molar-refractivity contribution in [1.82, 2.24) is 0 Å². The fourth-order valence-electron chi connectivity index (χ4n) is 0.225. The lowest BCUT2D eigenvalue weighted by atomic mass is 10.5. The van der Waals surface area contributed by atoms with Crippen LogP contribution < -0.4 is 0 Å². The maximum Gasteiger partial charge on any atom is 0.157 e. The van der Waals surface area contributed by atoms with Gasteiger partial charge in [0.25, 0.3) is 0 Å². The summed E-state index contributed by atoms with van der Waals surface area (Å²) in [7, 11) is -0.238. The smallest absolute Gasteiger partial charge is 0.157 e. The summed E-state index contributed by atoms with van der Waals surface area (Å²) in [6, 6.07) is 3.76. The molecule has 0 fully saturated rings. The fourth-order valence-corrected chi connectivity index (χ4v) is 0.674. The summed E-state index contributed by atoms with van der Waals surface area (Å²) in [4.78, 5) is 0. The van der Waals surface area contributed by atoms with Crippen molar-refractivity contribution in [2.75, 3.05) is 0 Å². The van der Waals surface area contributed by atoms with Gasteiger partial charge in [-0.2, -0.15) is 10.5 Å². The number of rotatable bonds is 4. The fraction of sp³-hybridized carbons (Fsp3) is 0.667. The molecule has 0 aliphatic heterocycles. The summed E-state index contributed by atoms with van der Waals surface area (Å²) in [5.74, 6) is 0. The van der Waals surface area contributed by atoms with Crippen molar-refractivity contribution in [3.05, 3.63) is 0 Å². The lowest BCUT2D eigenvalue weighted by Gasteiger charge is -2.05. The molecular weight excluding hydrogens is 163 g/mol. The van der Waals surface area contributed by atoms with E-state index in [-0.39, 0.29) is 9.03 Å². The minimum absolute atomic E-state index is 0.238. The molecule has 4 nitrogen and oxygen atoms in total. The number of nitrogens with zero attached hydrogens (tertiary/aromatic N) is 2. The highest BCUT2D eigenvalue weighted by Crippen LogP contribution is 2.18. The van der Waals surface area contributed by atoms with Crippen LogP contribution in [0.4, 0.5) is 0 Å². The van der Waals surface area contributed by atoms with Crippen LogP contribution in [0.3, 0.4) is 0 Å². The third-order valence-corrected chi connectivity index (χ3v) is 1.71. The lowest BCUT2D eigenvalue weighted by Crippen LogP contribution is -2.01. The second-order valence-electron chi connectivity index (χ2n) is 1.86. The molecule has 0 N–H and O–H groups in total. The van der Waals surface area contributed by atoms with E-state index in [1.54, 1.807) is 13.8 Å². The molecule has 0 radical (unpaired) electrons. The first kappa shape index (κ1) is 10.3. The van der Waals surface area contributed by atoms with Crippen molar-refractivity contribution >= 4 is 9.03 Å². The van der Waals surface area contributed by atoms with E-state index in [4.69, 9.17) is 19.6 Å². The molecule has 11 heavy (non-hydrogen) atoms. The molecule has 5 heteroatoms. The minimum atomic E-state index is -0.473. The van der Waals surface area contributed by atoms with Crippen LogP contribution in [0.5, 0.6) is 0 Å². The Kier molecular flexibility index (Phi) is 5.70. The van der Waals surface area contributed by atoms with Crippen molar-refractivity contribution < 1.29 is 9.05 Å². The van der Waals surface area contributed by atoms with Gasteiger partial charge in [0.15, 0.2) is 9.03 Å². The maximum absolute atomic E-state index is 8.27. The van der Waals surface area contributed by atoms with Crippen molar-refractivity contribution in [3.8, 4) is 12.1 Å². The third-order valence-electron chi connectivity index (χ3n) is 0.813. The van der Waals surface area contributed by atoms with E-state index in [1.165, 1.54) is 0 Å². The normalized spacial score (nSPS) is 15.6. The molecule has 0 aliphatic rings. The standard InChI is InChI=1S/C6H9N2O2P/c1-5(3-7)9-11-10-6(2)4-8/h5-6,11H,1-2H3. The minimum Gasteiger partial charge on any atom is -0.318 e. The first-order valence-corrected chi connectivity index (χ1v) is 3.88. The van der Waals surface area contributed by atoms with Gasteiger partial charge in [-0.15, -0.1) is 0 Å². The molecule has 0 heterocycles. The average Bonchev–Trinajstić information content (AvgIpc) is 2.04. The van der Waals surface area contributed by atoms with Crippen LogP contribution in [0.25, 0.3) is 0 Å². The summed E-state index contributed by atoms with van der Waals surface area (Å²) in [5, 5.41) is 16.5. The zero-order chi connectivity index (χ0) is 8.69. The van der Waals surface area contributed by atoms with Crippen molar-refractivity contribution in [1.29, 1.82) is 10.5 Å². The number of hydrogen-bond donors (Lipinski definition) is 0. The molecular formula is C6H9N2O2P. The second kappa shape index (κ2) is 6.07. The molecule has 60 valence electrons. The van der Waals surface area contributed by atoms with Crippen LogP contribution in [0.15, 0.2) is 0 Å². The number of hydrogen-bond acceptors (Lipinski definition) is 4. The van der Waals surface area contributed by atoms with E-state index in [9.17, 15) is 0 Å². The predicted octanol–water partition coefficient (Wildman–Crippen LogP) is 1.35. The highest BCUT2D eigenvalue weighted by molar-refractivity contribution is 7.26. The summed E-state index contributed by atoms with van der Waals surface area (Å²) < 4.78 is 9.71. The molecule has 0 aliphatic carbocycles. The first-order chi connectivity index (χ1) is 5.20. The van der Waals surface area contributed by atoms with Gasteiger partial charge in [-0.25, -0.2) is 0 Å². The molecule has 0 saturated heterocycles. The highest BCUT2D eigenvalue weighted by atomic mass is 31.1. The van der Waals surface area contributed by atoms with Crippen molar-refractivity contribution in [2.45, 2.75) is 26.1 Å². The summed E-state index contributed by atoms with van der Waals surface area (Å²) >= 11 is 0. The molecule has 2 atom stereocenters. The van der Waals surface area contributed by atoms with Crippen molar-refractivity contribution in [2.24, 2.45) is 0 Å². The van der Waals surface area contributed by atoms with Gasteiger partial charge in [-0.05, 0) is 13.8 Å². The van der Waals surface area contributed by atoms with Gasteiger partial charge in [0.05, 0.1) is 12.1 Å². The third kappa shape index (κ3) is 5.76. The quantitative estimate of drug-likeness (QED) is 0.600. The van der Waals surface area contributed by atoms with Crippen LogP contribution >= 0.6 is 9.03 Å². The molecule has 0 amide bonds. The SMILES string of the molecule is CC(C#N)OPOC(C)C#N. The van der Waals surface area contributed by atoms with Gasteiger partial charge in [0.2, 0.25) is 0 Å². The van der Waals surface area contributed by atoms with E-state index in [0.29, 0.717) is 0 Å². The van der Waals surface area contributed by atoms with E-state index >= 15 is 0 Å². The largest absolute Gasteiger partial charge is 0.318 e. The molecule has 0 saturated carbocycles. The topological polar surface area (TPSA) is 66.0 Å². The monoisotopic (exact) mass is 172 g/mol. The van der Waals surface area contributed by atoms with Gasteiger partial charge in [-0.1, -0.05) is 0 Å². The molecule has 0 aromatic carbocycles. The Morgan fingerprint density at radius 1 is 1.09 bits per heavy atom. The zero-order valence-corrected chi connectivity index (χ0v) is 7.37. The second-order valence-corrected chi connectivity index (χ2v) is 2.50. The van der Waals surface area contributed by atoms with Crippen LogP contribution in [0.2, 0.25) is 0 Å². The Bertz CT molecular complexity index is 164. The average molecular weight is 172 g/mol. The first-order valence-electron chi connectivity index (χ1n) is 3.06. The predicted molar refractivity (Wildman–Crippen MR) is 40.6 cm³/mol. The van der Waals surface area contributed by atoms with Gasteiger partial charge >= 0.3 is 0 Å².